The molecule has 1 heterocycles. The average molecular weight is 366 g/mol. The lowest BCUT2D eigenvalue weighted by atomic mass is 10.1. The van der Waals surface area contributed by atoms with E-state index in [0.29, 0.717) is 16.4 Å². The van der Waals surface area contributed by atoms with Crippen LogP contribution in [0.2, 0.25) is 0 Å². The number of fused-ring (bicyclic) bond motifs is 1. The maximum absolute atomic E-state index is 12.3. The summed E-state index contributed by atoms with van der Waals surface area (Å²) in [6, 6.07) is 14.6. The lowest BCUT2D eigenvalue weighted by molar-refractivity contribution is -0.113. The molecule has 26 heavy (non-hydrogen) atoms. The van der Waals surface area contributed by atoms with Crippen LogP contribution in [0.15, 0.2) is 53.7 Å². The Labute approximate surface area is 155 Å². The van der Waals surface area contributed by atoms with Crippen LogP contribution in [0.3, 0.4) is 0 Å². The van der Waals surface area contributed by atoms with E-state index in [2.05, 4.69) is 20.6 Å². The van der Waals surface area contributed by atoms with Gasteiger partial charge in [0.2, 0.25) is 5.91 Å². The van der Waals surface area contributed by atoms with E-state index in [0.717, 1.165) is 16.7 Å². The van der Waals surface area contributed by atoms with Crippen LogP contribution in [-0.2, 0) is 4.79 Å². The molecular weight excluding hydrogens is 348 g/mol. The predicted octanol–water partition coefficient (Wildman–Crippen LogP) is 3.60. The first-order chi connectivity index (χ1) is 12.6. The smallest absolute Gasteiger partial charge is 0.234 e. The van der Waals surface area contributed by atoms with Gasteiger partial charge in [0.15, 0.2) is 10.9 Å². The van der Waals surface area contributed by atoms with Crippen molar-refractivity contribution in [2.75, 3.05) is 23.4 Å². The number of aromatic nitrogens is 2. The van der Waals surface area contributed by atoms with E-state index in [9.17, 15) is 9.59 Å². The number of thioether (sulfide) groups is 1. The molecule has 0 bridgehead atoms. The number of ketones is 1. The number of nitrogens with one attached hydrogen (secondary N) is 2. The molecule has 0 spiro atoms. The SMILES string of the molecule is CNc1nc(SCC(=O)Nc2ccccc2C(C)=O)nc2ccccc12. The van der Waals surface area contributed by atoms with Gasteiger partial charge in [0.1, 0.15) is 5.82 Å². The van der Waals surface area contributed by atoms with Crippen molar-refractivity contribution in [1.29, 1.82) is 0 Å². The summed E-state index contributed by atoms with van der Waals surface area (Å²) >= 11 is 1.25. The number of para-hydroxylation sites is 2. The highest BCUT2D eigenvalue weighted by atomic mass is 32.2. The van der Waals surface area contributed by atoms with Crippen LogP contribution < -0.4 is 10.6 Å². The Morgan fingerprint density at radius 3 is 2.54 bits per heavy atom. The highest BCUT2D eigenvalue weighted by molar-refractivity contribution is 7.99. The monoisotopic (exact) mass is 366 g/mol. The zero-order valence-corrected chi connectivity index (χ0v) is 15.3. The molecule has 6 nitrogen and oxygen atoms in total. The number of nitrogens with zero attached hydrogens (tertiary/aromatic N) is 2. The highest BCUT2D eigenvalue weighted by Crippen LogP contribution is 2.24. The van der Waals surface area contributed by atoms with Crippen molar-refractivity contribution in [3.63, 3.8) is 0 Å². The molecule has 2 aromatic carbocycles. The Hall–Kier alpha value is -2.93. The van der Waals surface area contributed by atoms with Crippen LogP contribution in [0.1, 0.15) is 17.3 Å². The minimum atomic E-state index is -0.216. The number of rotatable bonds is 6. The zero-order valence-electron chi connectivity index (χ0n) is 14.4. The lowest BCUT2D eigenvalue weighted by Gasteiger charge is -2.09. The second-order valence-electron chi connectivity index (χ2n) is 5.56. The van der Waals surface area contributed by atoms with Crippen molar-refractivity contribution >= 4 is 45.9 Å². The molecule has 1 aromatic heterocycles. The second-order valence-corrected chi connectivity index (χ2v) is 6.50. The van der Waals surface area contributed by atoms with Gasteiger partial charge in [0.25, 0.3) is 0 Å². The summed E-state index contributed by atoms with van der Waals surface area (Å²) in [4.78, 5) is 32.8. The third kappa shape index (κ3) is 4.00. The van der Waals surface area contributed by atoms with Crippen LogP contribution >= 0.6 is 11.8 Å². The minimum Gasteiger partial charge on any atom is -0.372 e. The molecule has 3 aromatic rings. The summed E-state index contributed by atoms with van der Waals surface area (Å²) in [6.45, 7) is 1.47. The molecule has 0 atom stereocenters. The van der Waals surface area contributed by atoms with E-state index in [4.69, 9.17) is 0 Å². The van der Waals surface area contributed by atoms with Gasteiger partial charge in [-0.25, -0.2) is 9.97 Å². The van der Waals surface area contributed by atoms with Gasteiger partial charge in [0.05, 0.1) is 17.0 Å². The Morgan fingerprint density at radius 2 is 1.77 bits per heavy atom. The second kappa shape index (κ2) is 7.97. The summed E-state index contributed by atoms with van der Waals surface area (Å²) in [5, 5.41) is 7.28. The Balaban J connectivity index is 1.72. The minimum absolute atomic E-state index is 0.0925. The fourth-order valence-electron chi connectivity index (χ4n) is 2.53. The first-order valence-electron chi connectivity index (χ1n) is 8.05. The molecule has 0 saturated carbocycles. The van der Waals surface area contributed by atoms with Crippen molar-refractivity contribution in [2.45, 2.75) is 12.1 Å². The van der Waals surface area contributed by atoms with Gasteiger partial charge in [-0.3, -0.25) is 9.59 Å². The van der Waals surface area contributed by atoms with Gasteiger partial charge in [-0.2, -0.15) is 0 Å². The molecule has 0 fully saturated rings. The van der Waals surface area contributed by atoms with E-state index in [-0.39, 0.29) is 17.4 Å². The number of benzene rings is 2. The van der Waals surface area contributed by atoms with Crippen LogP contribution in [0.4, 0.5) is 11.5 Å². The molecule has 0 unspecified atom stereocenters. The van der Waals surface area contributed by atoms with E-state index < -0.39 is 0 Å². The first kappa shape index (κ1) is 17.9. The number of hydrogen-bond acceptors (Lipinski definition) is 6. The van der Waals surface area contributed by atoms with Gasteiger partial charge in [0, 0.05) is 18.0 Å². The molecule has 0 radical (unpaired) electrons. The van der Waals surface area contributed by atoms with Gasteiger partial charge in [-0.15, -0.1) is 0 Å². The number of amides is 1. The Bertz CT molecular complexity index is 975. The summed E-state index contributed by atoms with van der Waals surface area (Å²) < 4.78 is 0. The van der Waals surface area contributed by atoms with Crippen LogP contribution in [0.25, 0.3) is 10.9 Å². The van der Waals surface area contributed by atoms with E-state index in [1.54, 1.807) is 31.3 Å². The van der Waals surface area contributed by atoms with Gasteiger partial charge in [-0.1, -0.05) is 36.0 Å². The zero-order chi connectivity index (χ0) is 18.5. The molecule has 3 rings (SSSR count). The molecule has 132 valence electrons. The standard InChI is InChI=1S/C19H18N4O2S/c1-12(24)13-7-3-5-9-15(13)21-17(25)11-26-19-22-16-10-6-4-8-14(16)18(20-2)23-19/h3-10H,11H2,1-2H3,(H,21,25)(H,20,22,23). The maximum atomic E-state index is 12.3. The molecule has 0 aliphatic heterocycles. The third-order valence-electron chi connectivity index (χ3n) is 3.73. The van der Waals surface area contributed by atoms with E-state index >= 15 is 0 Å². The largest absolute Gasteiger partial charge is 0.372 e. The Morgan fingerprint density at radius 1 is 1.04 bits per heavy atom. The molecule has 1 amide bonds. The maximum Gasteiger partial charge on any atom is 0.234 e. The number of anilines is 2. The third-order valence-corrected chi connectivity index (χ3v) is 4.58. The highest BCUT2D eigenvalue weighted by Gasteiger charge is 2.12. The molecule has 0 saturated heterocycles. The van der Waals surface area contributed by atoms with Crippen LogP contribution in [-0.4, -0.2) is 34.5 Å². The number of carbonyl (C=O) groups is 2. The molecule has 2 N–H and O–H groups in total. The van der Waals surface area contributed by atoms with E-state index in [1.807, 2.05) is 24.3 Å². The average Bonchev–Trinajstić information content (AvgIpc) is 2.66. The van der Waals surface area contributed by atoms with Crippen molar-refractivity contribution in [1.82, 2.24) is 9.97 Å². The molecular formula is C19H18N4O2S. The van der Waals surface area contributed by atoms with Gasteiger partial charge in [-0.05, 0) is 31.2 Å². The summed E-state index contributed by atoms with van der Waals surface area (Å²) in [7, 11) is 1.80. The lowest BCUT2D eigenvalue weighted by Crippen LogP contribution is -2.16. The summed E-state index contributed by atoms with van der Waals surface area (Å²) in [5.41, 5.74) is 1.82. The number of hydrogen-bond donors (Lipinski definition) is 2. The number of Topliss-reactive ketones (excluding diaryl/α,β-unsaturated/α-hetero) is 1. The summed E-state index contributed by atoms with van der Waals surface area (Å²) in [5.74, 6) is 0.560. The van der Waals surface area contributed by atoms with Gasteiger partial charge >= 0.3 is 0 Å². The van der Waals surface area contributed by atoms with Crippen molar-refractivity contribution < 1.29 is 9.59 Å². The van der Waals surface area contributed by atoms with E-state index in [1.165, 1.54) is 18.7 Å². The fourth-order valence-corrected chi connectivity index (χ4v) is 3.18. The van der Waals surface area contributed by atoms with Crippen molar-refractivity contribution in [3.8, 4) is 0 Å². The van der Waals surface area contributed by atoms with Crippen molar-refractivity contribution in [2.24, 2.45) is 0 Å². The van der Waals surface area contributed by atoms with Gasteiger partial charge < -0.3 is 10.6 Å². The van der Waals surface area contributed by atoms with Crippen LogP contribution in [0, 0.1) is 0 Å². The quantitative estimate of drug-likeness (QED) is 0.394. The number of carbonyl (C=O) groups excluding carboxylic acids is 2. The fraction of sp³-hybridized carbons (Fsp3) is 0.158. The Kier molecular flexibility index (Phi) is 5.48. The normalized spacial score (nSPS) is 10.5. The molecule has 7 heteroatoms. The topological polar surface area (TPSA) is 84.0 Å². The predicted molar refractivity (Wildman–Crippen MR) is 105 cm³/mol. The van der Waals surface area contributed by atoms with Crippen LogP contribution in [0.5, 0.6) is 0 Å². The summed E-state index contributed by atoms with van der Waals surface area (Å²) in [6.07, 6.45) is 0. The molecule has 0 aliphatic rings. The molecule has 0 aliphatic carbocycles. The van der Waals surface area contributed by atoms with Crippen molar-refractivity contribution in [3.05, 3.63) is 54.1 Å². The first-order valence-corrected chi connectivity index (χ1v) is 9.04.